The minimum absolute atomic E-state index is 0.181. The van der Waals surface area contributed by atoms with Crippen LogP contribution in [0.25, 0.3) is 0 Å². The van der Waals surface area contributed by atoms with Crippen molar-refractivity contribution in [3.8, 4) is 11.5 Å². The number of benzene rings is 1. The van der Waals surface area contributed by atoms with E-state index in [0.717, 1.165) is 30.2 Å². The summed E-state index contributed by atoms with van der Waals surface area (Å²) in [5.74, 6) is 1.61. The summed E-state index contributed by atoms with van der Waals surface area (Å²) in [5.41, 5.74) is 7.21. The molecule has 0 radical (unpaired) electrons. The molecule has 5 nitrogen and oxygen atoms in total. The van der Waals surface area contributed by atoms with Gasteiger partial charge in [0.15, 0.2) is 0 Å². The van der Waals surface area contributed by atoms with Crippen molar-refractivity contribution in [1.29, 1.82) is 0 Å². The average molecular weight is 292 g/mol. The zero-order valence-electron chi connectivity index (χ0n) is 12.7. The Morgan fingerprint density at radius 2 is 1.71 bits per heavy atom. The predicted octanol–water partition coefficient (Wildman–Crippen LogP) is 1.57. The molecule has 3 rings (SSSR count). The van der Waals surface area contributed by atoms with Crippen molar-refractivity contribution < 1.29 is 14.2 Å². The molecule has 2 saturated heterocycles. The third kappa shape index (κ3) is 3.00. The Morgan fingerprint density at radius 3 is 2.19 bits per heavy atom. The van der Waals surface area contributed by atoms with E-state index in [9.17, 15) is 0 Å². The molecule has 1 aromatic carbocycles. The highest BCUT2D eigenvalue weighted by Gasteiger charge is 2.36. The summed E-state index contributed by atoms with van der Waals surface area (Å²) in [7, 11) is 3.34. The van der Waals surface area contributed by atoms with Crippen LogP contribution in [0.3, 0.4) is 0 Å². The highest BCUT2D eigenvalue weighted by Crippen LogP contribution is 2.34. The fraction of sp³-hybridized carbons (Fsp3) is 0.625. The first-order valence-electron chi connectivity index (χ1n) is 7.56. The molecule has 0 amide bonds. The molecule has 21 heavy (non-hydrogen) atoms. The highest BCUT2D eigenvalue weighted by molar-refractivity contribution is 5.40. The van der Waals surface area contributed by atoms with Crippen molar-refractivity contribution in [2.45, 2.75) is 31.1 Å². The van der Waals surface area contributed by atoms with E-state index in [0.29, 0.717) is 18.8 Å². The van der Waals surface area contributed by atoms with E-state index in [2.05, 4.69) is 17.0 Å². The predicted molar refractivity (Wildman–Crippen MR) is 80.8 cm³/mol. The number of nitrogens with two attached hydrogens (primary N) is 1. The van der Waals surface area contributed by atoms with E-state index in [1.807, 2.05) is 6.07 Å². The molecular formula is C16H24N2O3. The van der Waals surface area contributed by atoms with Gasteiger partial charge in [0.25, 0.3) is 0 Å². The van der Waals surface area contributed by atoms with Crippen molar-refractivity contribution in [3.05, 3.63) is 23.8 Å². The minimum atomic E-state index is 0.181. The zero-order valence-corrected chi connectivity index (χ0v) is 12.7. The van der Waals surface area contributed by atoms with E-state index >= 15 is 0 Å². The summed E-state index contributed by atoms with van der Waals surface area (Å²) in [6, 6.07) is 6.18. The summed E-state index contributed by atoms with van der Waals surface area (Å²) < 4.78 is 16.7. The molecule has 0 aromatic heterocycles. The molecule has 2 aliphatic rings. The van der Waals surface area contributed by atoms with Gasteiger partial charge in [-0.25, -0.2) is 0 Å². The minimum Gasteiger partial charge on any atom is -0.497 e. The molecule has 5 heteroatoms. The molecule has 116 valence electrons. The number of ether oxygens (including phenoxy) is 3. The van der Waals surface area contributed by atoms with E-state index in [4.69, 9.17) is 19.9 Å². The van der Waals surface area contributed by atoms with Gasteiger partial charge in [-0.05, 0) is 30.5 Å². The van der Waals surface area contributed by atoms with Gasteiger partial charge in [-0.3, -0.25) is 4.90 Å². The molecule has 2 fully saturated rings. The molecule has 1 aromatic rings. The van der Waals surface area contributed by atoms with E-state index < -0.39 is 0 Å². The van der Waals surface area contributed by atoms with Gasteiger partial charge >= 0.3 is 0 Å². The first kappa shape index (κ1) is 14.6. The highest BCUT2D eigenvalue weighted by atomic mass is 16.5. The fourth-order valence-electron chi connectivity index (χ4n) is 3.42. The van der Waals surface area contributed by atoms with Gasteiger partial charge in [0.05, 0.1) is 26.4 Å². The number of fused-ring (bicyclic) bond motifs is 2. The first-order valence-corrected chi connectivity index (χ1v) is 7.56. The molecular weight excluding hydrogens is 268 g/mol. The second kappa shape index (κ2) is 6.22. The van der Waals surface area contributed by atoms with Crippen LogP contribution >= 0.6 is 0 Å². The number of hydrogen-bond acceptors (Lipinski definition) is 5. The van der Waals surface area contributed by atoms with Gasteiger partial charge in [0.1, 0.15) is 11.5 Å². The number of likely N-dealkylation sites (tertiary alicyclic amines) is 1. The molecule has 2 bridgehead atoms. The van der Waals surface area contributed by atoms with E-state index in [1.54, 1.807) is 14.2 Å². The van der Waals surface area contributed by atoms with Crippen LogP contribution in [0.5, 0.6) is 11.5 Å². The second-order valence-corrected chi connectivity index (χ2v) is 5.81. The summed E-state index contributed by atoms with van der Waals surface area (Å²) in [5, 5.41) is 0. The third-order valence-corrected chi connectivity index (χ3v) is 4.49. The standard InChI is InChI=1S/C16H24N2O3/c1-19-14-5-11(6-15(7-14)20-2)16(8-17)18-9-12-3-4-13(10-18)21-12/h5-7,12-13,16H,3-4,8-10,17H2,1-2H3. The summed E-state index contributed by atoms with van der Waals surface area (Å²) in [6.45, 7) is 2.49. The molecule has 3 atom stereocenters. The topological polar surface area (TPSA) is 57.0 Å². The summed E-state index contributed by atoms with van der Waals surface area (Å²) >= 11 is 0. The Hall–Kier alpha value is -1.30. The van der Waals surface area contributed by atoms with Gasteiger partial charge in [-0.2, -0.15) is 0 Å². The second-order valence-electron chi connectivity index (χ2n) is 5.81. The van der Waals surface area contributed by atoms with Gasteiger partial charge in [-0.15, -0.1) is 0 Å². The van der Waals surface area contributed by atoms with Crippen LogP contribution < -0.4 is 15.2 Å². The fourth-order valence-corrected chi connectivity index (χ4v) is 3.42. The van der Waals surface area contributed by atoms with Crippen molar-refractivity contribution in [3.63, 3.8) is 0 Å². The van der Waals surface area contributed by atoms with Crippen molar-refractivity contribution in [2.75, 3.05) is 33.9 Å². The van der Waals surface area contributed by atoms with Crippen LogP contribution in [0, 0.1) is 0 Å². The lowest BCUT2D eigenvalue weighted by Crippen LogP contribution is -2.46. The van der Waals surface area contributed by atoms with Crippen LogP contribution in [0.4, 0.5) is 0 Å². The van der Waals surface area contributed by atoms with Gasteiger partial charge in [0, 0.05) is 31.7 Å². The van der Waals surface area contributed by atoms with Crippen LogP contribution in [-0.4, -0.2) is 51.0 Å². The maximum absolute atomic E-state index is 6.07. The van der Waals surface area contributed by atoms with Crippen molar-refractivity contribution in [1.82, 2.24) is 4.90 Å². The van der Waals surface area contributed by atoms with Gasteiger partial charge < -0.3 is 19.9 Å². The number of hydrogen-bond donors (Lipinski definition) is 1. The molecule has 0 aliphatic carbocycles. The lowest BCUT2D eigenvalue weighted by Gasteiger charge is -2.37. The van der Waals surface area contributed by atoms with Gasteiger partial charge in [-0.1, -0.05) is 0 Å². The van der Waals surface area contributed by atoms with Crippen molar-refractivity contribution in [2.24, 2.45) is 5.73 Å². The van der Waals surface area contributed by atoms with Crippen LogP contribution in [-0.2, 0) is 4.74 Å². The number of nitrogens with zero attached hydrogens (tertiary/aromatic N) is 1. The number of rotatable bonds is 5. The van der Waals surface area contributed by atoms with Crippen molar-refractivity contribution >= 4 is 0 Å². The lowest BCUT2D eigenvalue weighted by atomic mass is 10.0. The molecule has 0 saturated carbocycles. The average Bonchev–Trinajstić information content (AvgIpc) is 2.86. The summed E-state index contributed by atoms with van der Waals surface area (Å²) in [6.07, 6.45) is 3.07. The molecule has 2 heterocycles. The maximum Gasteiger partial charge on any atom is 0.122 e. The Balaban J connectivity index is 1.85. The lowest BCUT2D eigenvalue weighted by molar-refractivity contribution is -0.0521. The maximum atomic E-state index is 6.07. The van der Waals surface area contributed by atoms with E-state index in [-0.39, 0.29) is 6.04 Å². The van der Waals surface area contributed by atoms with Crippen LogP contribution in [0.1, 0.15) is 24.4 Å². The monoisotopic (exact) mass is 292 g/mol. The first-order chi connectivity index (χ1) is 10.2. The smallest absolute Gasteiger partial charge is 0.122 e. The number of methoxy groups -OCH3 is 2. The summed E-state index contributed by atoms with van der Waals surface area (Å²) in [4.78, 5) is 2.44. The zero-order chi connectivity index (χ0) is 14.8. The Bertz CT molecular complexity index is 460. The molecule has 3 unspecified atom stereocenters. The largest absolute Gasteiger partial charge is 0.497 e. The van der Waals surface area contributed by atoms with Gasteiger partial charge in [0.2, 0.25) is 0 Å². The molecule has 0 spiro atoms. The normalized spacial score (nSPS) is 26.6. The Labute approximate surface area is 126 Å². The number of morpholine rings is 1. The quantitative estimate of drug-likeness (QED) is 0.892. The van der Waals surface area contributed by atoms with Crippen LogP contribution in [0.15, 0.2) is 18.2 Å². The Kier molecular flexibility index (Phi) is 4.33. The Morgan fingerprint density at radius 1 is 1.14 bits per heavy atom. The van der Waals surface area contributed by atoms with Crippen LogP contribution in [0.2, 0.25) is 0 Å². The molecule has 2 aliphatic heterocycles. The third-order valence-electron chi connectivity index (χ3n) is 4.49. The van der Waals surface area contributed by atoms with E-state index in [1.165, 1.54) is 12.8 Å². The molecule has 2 N–H and O–H groups in total. The SMILES string of the molecule is COc1cc(OC)cc(C(CN)N2CC3CCC(C2)O3)c1.